The molecule has 7 heteroatoms. The van der Waals surface area contributed by atoms with Crippen molar-refractivity contribution in [3.63, 3.8) is 0 Å². The number of benzene rings is 1. The standard InChI is InChI=1S/C11H14BrNO4S/c12-10-5-2-1-4-9(10)8-18(16,17)13-7-3-6-11(14)15/h1-2,4-5,13H,3,6-8H2,(H,14,15). The largest absolute Gasteiger partial charge is 0.481 e. The highest BCUT2D eigenvalue weighted by Crippen LogP contribution is 2.17. The summed E-state index contributed by atoms with van der Waals surface area (Å²) in [5.74, 6) is -1.05. The zero-order valence-electron chi connectivity index (χ0n) is 9.60. The van der Waals surface area contributed by atoms with Gasteiger partial charge in [-0.25, -0.2) is 13.1 Å². The van der Waals surface area contributed by atoms with Gasteiger partial charge in [-0.3, -0.25) is 4.79 Å². The first-order valence-corrected chi connectivity index (χ1v) is 7.78. The van der Waals surface area contributed by atoms with Gasteiger partial charge < -0.3 is 5.11 Å². The Morgan fingerprint density at radius 2 is 2.00 bits per heavy atom. The van der Waals surface area contributed by atoms with Gasteiger partial charge >= 0.3 is 5.97 Å². The van der Waals surface area contributed by atoms with E-state index in [1.807, 2.05) is 0 Å². The first-order valence-electron chi connectivity index (χ1n) is 5.33. The van der Waals surface area contributed by atoms with Gasteiger partial charge in [0.05, 0.1) is 5.75 Å². The van der Waals surface area contributed by atoms with Gasteiger partial charge in [0.25, 0.3) is 0 Å². The number of sulfonamides is 1. The van der Waals surface area contributed by atoms with Gasteiger partial charge in [-0.1, -0.05) is 34.1 Å². The average molecular weight is 336 g/mol. The van der Waals surface area contributed by atoms with Crippen molar-refractivity contribution in [1.29, 1.82) is 0 Å². The molecule has 0 aliphatic rings. The van der Waals surface area contributed by atoms with E-state index in [9.17, 15) is 13.2 Å². The number of hydrogen-bond acceptors (Lipinski definition) is 3. The molecule has 1 rings (SSSR count). The van der Waals surface area contributed by atoms with E-state index in [0.29, 0.717) is 5.56 Å². The smallest absolute Gasteiger partial charge is 0.303 e. The van der Waals surface area contributed by atoms with Crippen molar-refractivity contribution >= 4 is 31.9 Å². The van der Waals surface area contributed by atoms with E-state index in [-0.39, 0.29) is 25.1 Å². The van der Waals surface area contributed by atoms with Crippen LogP contribution < -0.4 is 4.72 Å². The van der Waals surface area contributed by atoms with Crippen LogP contribution in [0, 0.1) is 0 Å². The van der Waals surface area contributed by atoms with Crippen LogP contribution >= 0.6 is 15.9 Å². The minimum atomic E-state index is -3.43. The fourth-order valence-electron chi connectivity index (χ4n) is 1.34. The summed E-state index contributed by atoms with van der Waals surface area (Å²) >= 11 is 3.28. The Morgan fingerprint density at radius 3 is 2.61 bits per heavy atom. The third-order valence-corrected chi connectivity index (χ3v) is 4.30. The maximum Gasteiger partial charge on any atom is 0.303 e. The van der Waals surface area contributed by atoms with E-state index in [4.69, 9.17) is 5.11 Å². The number of carbonyl (C=O) groups is 1. The summed E-state index contributed by atoms with van der Waals surface area (Å²) in [5.41, 5.74) is 0.670. The third kappa shape index (κ3) is 5.61. The Bertz CT molecular complexity index is 516. The molecule has 100 valence electrons. The third-order valence-electron chi connectivity index (χ3n) is 2.19. The molecule has 0 unspecified atom stereocenters. The Labute approximate surface area is 114 Å². The summed E-state index contributed by atoms with van der Waals surface area (Å²) in [6.07, 6.45) is 0.238. The molecule has 0 saturated carbocycles. The lowest BCUT2D eigenvalue weighted by Gasteiger charge is -2.07. The minimum Gasteiger partial charge on any atom is -0.481 e. The maximum atomic E-state index is 11.7. The molecule has 0 saturated heterocycles. The number of carboxylic acid groups (broad SMARTS) is 1. The summed E-state index contributed by atoms with van der Waals surface area (Å²) in [7, 11) is -3.43. The molecule has 5 nitrogen and oxygen atoms in total. The predicted molar refractivity (Wildman–Crippen MR) is 71.6 cm³/mol. The van der Waals surface area contributed by atoms with Gasteiger partial charge in [-0.2, -0.15) is 0 Å². The highest BCUT2D eigenvalue weighted by molar-refractivity contribution is 9.10. The number of rotatable bonds is 7. The quantitative estimate of drug-likeness (QED) is 0.743. The fraction of sp³-hybridized carbons (Fsp3) is 0.364. The Morgan fingerprint density at radius 1 is 1.33 bits per heavy atom. The molecule has 2 N–H and O–H groups in total. The Kier molecular flexibility index (Phi) is 5.77. The first kappa shape index (κ1) is 15.1. The van der Waals surface area contributed by atoms with Crippen LogP contribution in [0.1, 0.15) is 18.4 Å². The number of hydrogen-bond donors (Lipinski definition) is 2. The Hall–Kier alpha value is -0.920. The van der Waals surface area contributed by atoms with Crippen molar-refractivity contribution < 1.29 is 18.3 Å². The second kappa shape index (κ2) is 6.86. The normalized spacial score (nSPS) is 11.4. The van der Waals surface area contributed by atoms with E-state index >= 15 is 0 Å². The summed E-state index contributed by atoms with van der Waals surface area (Å²) < 4.78 is 26.6. The molecule has 0 bridgehead atoms. The molecule has 0 radical (unpaired) electrons. The zero-order valence-corrected chi connectivity index (χ0v) is 12.0. The molecule has 0 amide bonds. The van der Waals surface area contributed by atoms with Gasteiger partial charge in [0.1, 0.15) is 0 Å². The van der Waals surface area contributed by atoms with Crippen molar-refractivity contribution in [2.45, 2.75) is 18.6 Å². The van der Waals surface area contributed by atoms with Gasteiger partial charge in [0.15, 0.2) is 0 Å². The molecule has 0 atom stereocenters. The van der Waals surface area contributed by atoms with Crippen molar-refractivity contribution in [1.82, 2.24) is 4.72 Å². The molecule has 0 fully saturated rings. The summed E-state index contributed by atoms with van der Waals surface area (Å²) in [4.78, 5) is 10.3. The Balaban J connectivity index is 2.50. The first-order chi connectivity index (χ1) is 8.41. The predicted octanol–water partition coefficient (Wildman–Crippen LogP) is 1.73. The van der Waals surface area contributed by atoms with Crippen LogP contribution in [-0.2, 0) is 20.6 Å². The van der Waals surface area contributed by atoms with Gasteiger partial charge in [-0.05, 0) is 18.1 Å². The summed E-state index contributed by atoms with van der Waals surface area (Å²) in [5, 5.41) is 8.43. The maximum absolute atomic E-state index is 11.7. The highest BCUT2D eigenvalue weighted by atomic mass is 79.9. The molecule has 0 spiro atoms. The van der Waals surface area contributed by atoms with Crippen molar-refractivity contribution in [3.8, 4) is 0 Å². The summed E-state index contributed by atoms with van der Waals surface area (Å²) in [6.45, 7) is 0.138. The van der Waals surface area contributed by atoms with E-state index in [1.165, 1.54) is 0 Å². The molecule has 0 aliphatic heterocycles. The van der Waals surface area contributed by atoms with Gasteiger partial charge in [0.2, 0.25) is 10.0 Å². The zero-order chi connectivity index (χ0) is 13.6. The lowest BCUT2D eigenvalue weighted by atomic mass is 10.2. The second-order valence-electron chi connectivity index (χ2n) is 3.74. The number of carboxylic acids is 1. The lowest BCUT2D eigenvalue weighted by Crippen LogP contribution is -2.26. The van der Waals surface area contributed by atoms with Crippen LogP contribution in [0.25, 0.3) is 0 Å². The molecule has 0 aliphatic carbocycles. The fourth-order valence-corrected chi connectivity index (χ4v) is 3.17. The van der Waals surface area contributed by atoms with Crippen LogP contribution in [0.3, 0.4) is 0 Å². The SMILES string of the molecule is O=C(O)CCCNS(=O)(=O)Cc1ccccc1Br. The number of nitrogens with one attached hydrogen (secondary N) is 1. The van der Waals surface area contributed by atoms with E-state index < -0.39 is 16.0 Å². The average Bonchev–Trinajstić information content (AvgIpc) is 2.27. The number of aliphatic carboxylic acids is 1. The van der Waals surface area contributed by atoms with Crippen LogP contribution in [0.5, 0.6) is 0 Å². The van der Waals surface area contributed by atoms with Gasteiger partial charge in [-0.15, -0.1) is 0 Å². The molecule has 0 heterocycles. The molecule has 0 aromatic heterocycles. The van der Waals surface area contributed by atoms with Gasteiger partial charge in [0, 0.05) is 17.4 Å². The second-order valence-corrected chi connectivity index (χ2v) is 6.40. The topological polar surface area (TPSA) is 83.5 Å². The van der Waals surface area contributed by atoms with Crippen LogP contribution in [0.15, 0.2) is 28.7 Å². The van der Waals surface area contributed by atoms with Crippen molar-refractivity contribution in [2.24, 2.45) is 0 Å². The van der Waals surface area contributed by atoms with Crippen molar-refractivity contribution in [2.75, 3.05) is 6.54 Å². The molecule has 1 aromatic carbocycles. The van der Waals surface area contributed by atoms with E-state index in [0.717, 1.165) is 4.47 Å². The molecule has 18 heavy (non-hydrogen) atoms. The summed E-state index contributed by atoms with van der Waals surface area (Å²) in [6, 6.07) is 7.07. The molecule has 1 aromatic rings. The molecular formula is C11H14BrNO4S. The van der Waals surface area contributed by atoms with Crippen LogP contribution in [0.2, 0.25) is 0 Å². The monoisotopic (exact) mass is 335 g/mol. The minimum absolute atomic E-state index is 0.0441. The molecular weight excluding hydrogens is 322 g/mol. The highest BCUT2D eigenvalue weighted by Gasteiger charge is 2.12. The van der Waals surface area contributed by atoms with Crippen LogP contribution in [-0.4, -0.2) is 26.0 Å². The van der Waals surface area contributed by atoms with E-state index in [2.05, 4.69) is 20.7 Å². The number of halogens is 1. The van der Waals surface area contributed by atoms with Crippen LogP contribution in [0.4, 0.5) is 0 Å². The lowest BCUT2D eigenvalue weighted by molar-refractivity contribution is -0.137. The van der Waals surface area contributed by atoms with E-state index in [1.54, 1.807) is 24.3 Å². The van der Waals surface area contributed by atoms with Crippen molar-refractivity contribution in [3.05, 3.63) is 34.3 Å².